The topological polar surface area (TPSA) is 55.1 Å². The molecule has 25 heavy (non-hydrogen) atoms. The SMILES string of the molecule is Cc1ccc(-c2csc3ncnc(N(C)Cc4cc(C)on4)c23)cc1. The molecule has 3 heterocycles. The lowest BCUT2D eigenvalue weighted by Crippen LogP contribution is -2.18. The number of anilines is 1. The van der Waals surface area contributed by atoms with Crippen LogP contribution in [0.1, 0.15) is 17.0 Å². The van der Waals surface area contributed by atoms with Crippen molar-refractivity contribution in [3.8, 4) is 11.1 Å². The molecule has 0 aliphatic heterocycles. The van der Waals surface area contributed by atoms with Gasteiger partial charge in [-0.05, 0) is 19.4 Å². The minimum Gasteiger partial charge on any atom is -0.361 e. The summed E-state index contributed by atoms with van der Waals surface area (Å²) >= 11 is 1.64. The third-order valence-corrected chi connectivity index (χ3v) is 5.04. The molecular formula is C19H18N4OS. The van der Waals surface area contributed by atoms with Crippen molar-refractivity contribution in [1.29, 1.82) is 0 Å². The molecule has 4 aromatic rings. The molecule has 0 atom stereocenters. The molecule has 0 aliphatic rings. The summed E-state index contributed by atoms with van der Waals surface area (Å²) in [7, 11) is 2.02. The van der Waals surface area contributed by atoms with E-state index in [0.29, 0.717) is 6.54 Å². The zero-order valence-electron chi connectivity index (χ0n) is 14.4. The lowest BCUT2D eigenvalue weighted by atomic mass is 10.0. The normalized spacial score (nSPS) is 11.2. The highest BCUT2D eigenvalue weighted by molar-refractivity contribution is 7.17. The van der Waals surface area contributed by atoms with Crippen molar-refractivity contribution in [2.45, 2.75) is 20.4 Å². The molecule has 5 nitrogen and oxygen atoms in total. The molecule has 0 fully saturated rings. The fraction of sp³-hybridized carbons (Fsp3) is 0.211. The number of benzene rings is 1. The Hall–Kier alpha value is -2.73. The van der Waals surface area contributed by atoms with Crippen molar-refractivity contribution >= 4 is 27.4 Å². The van der Waals surface area contributed by atoms with E-state index in [-0.39, 0.29) is 0 Å². The van der Waals surface area contributed by atoms with Gasteiger partial charge in [-0.1, -0.05) is 35.0 Å². The van der Waals surface area contributed by atoms with Gasteiger partial charge in [-0.25, -0.2) is 9.97 Å². The van der Waals surface area contributed by atoms with Crippen molar-refractivity contribution in [2.75, 3.05) is 11.9 Å². The second-order valence-electron chi connectivity index (χ2n) is 6.18. The van der Waals surface area contributed by atoms with Crippen LogP contribution in [0.2, 0.25) is 0 Å². The van der Waals surface area contributed by atoms with Crippen LogP contribution in [-0.2, 0) is 6.54 Å². The number of aryl methyl sites for hydroxylation is 2. The zero-order chi connectivity index (χ0) is 17.4. The molecular weight excluding hydrogens is 332 g/mol. The lowest BCUT2D eigenvalue weighted by Gasteiger charge is -2.18. The van der Waals surface area contributed by atoms with Crippen LogP contribution < -0.4 is 4.90 Å². The van der Waals surface area contributed by atoms with Crippen LogP contribution >= 0.6 is 11.3 Å². The van der Waals surface area contributed by atoms with Crippen LogP contribution in [0.3, 0.4) is 0 Å². The molecule has 0 aliphatic carbocycles. The van der Waals surface area contributed by atoms with Gasteiger partial charge in [0.15, 0.2) is 0 Å². The molecule has 126 valence electrons. The highest BCUT2D eigenvalue weighted by atomic mass is 32.1. The van der Waals surface area contributed by atoms with Gasteiger partial charge in [0.1, 0.15) is 28.4 Å². The lowest BCUT2D eigenvalue weighted by molar-refractivity contribution is 0.390. The first-order valence-electron chi connectivity index (χ1n) is 8.04. The van der Waals surface area contributed by atoms with Gasteiger partial charge in [-0.2, -0.15) is 0 Å². The molecule has 0 saturated heterocycles. The molecule has 0 amide bonds. The Labute approximate surface area is 149 Å². The average molecular weight is 350 g/mol. The summed E-state index contributed by atoms with van der Waals surface area (Å²) in [6.07, 6.45) is 1.62. The third kappa shape index (κ3) is 3.00. The fourth-order valence-corrected chi connectivity index (χ4v) is 3.82. The van der Waals surface area contributed by atoms with Crippen molar-refractivity contribution in [3.63, 3.8) is 0 Å². The van der Waals surface area contributed by atoms with Crippen molar-refractivity contribution in [1.82, 2.24) is 15.1 Å². The number of nitrogens with zero attached hydrogens (tertiary/aromatic N) is 4. The first kappa shape index (κ1) is 15.8. The number of hydrogen-bond donors (Lipinski definition) is 0. The summed E-state index contributed by atoms with van der Waals surface area (Å²) in [4.78, 5) is 12.1. The van der Waals surface area contributed by atoms with Crippen molar-refractivity contribution in [3.05, 3.63) is 59.1 Å². The van der Waals surface area contributed by atoms with Gasteiger partial charge in [0.2, 0.25) is 0 Å². The van der Waals surface area contributed by atoms with Gasteiger partial charge in [-0.15, -0.1) is 11.3 Å². The third-order valence-electron chi connectivity index (χ3n) is 4.15. The van der Waals surface area contributed by atoms with E-state index in [1.807, 2.05) is 20.0 Å². The maximum absolute atomic E-state index is 5.17. The van der Waals surface area contributed by atoms with Gasteiger partial charge in [-0.3, -0.25) is 0 Å². The predicted octanol–water partition coefficient (Wildman–Crippen LogP) is 4.60. The average Bonchev–Trinajstić information content (AvgIpc) is 3.21. The Morgan fingerprint density at radius 2 is 1.92 bits per heavy atom. The summed E-state index contributed by atoms with van der Waals surface area (Å²) in [5.74, 6) is 1.72. The van der Waals surface area contributed by atoms with Crippen molar-refractivity contribution < 1.29 is 4.52 Å². The van der Waals surface area contributed by atoms with E-state index >= 15 is 0 Å². The summed E-state index contributed by atoms with van der Waals surface area (Å²) < 4.78 is 5.17. The van der Waals surface area contributed by atoms with Crippen LogP contribution in [0.5, 0.6) is 0 Å². The Kier molecular flexibility index (Phi) is 3.97. The van der Waals surface area contributed by atoms with Gasteiger partial charge in [0.05, 0.1) is 11.9 Å². The number of thiophene rings is 1. The molecule has 0 radical (unpaired) electrons. The van der Waals surface area contributed by atoms with E-state index in [9.17, 15) is 0 Å². The first-order valence-corrected chi connectivity index (χ1v) is 8.92. The fourth-order valence-electron chi connectivity index (χ4n) is 2.90. The molecule has 6 heteroatoms. The minimum absolute atomic E-state index is 0.632. The highest BCUT2D eigenvalue weighted by Crippen LogP contribution is 2.37. The van der Waals surface area contributed by atoms with Crippen LogP contribution in [0.25, 0.3) is 21.3 Å². The smallest absolute Gasteiger partial charge is 0.141 e. The molecule has 0 saturated carbocycles. The zero-order valence-corrected chi connectivity index (χ0v) is 15.2. The first-order chi connectivity index (χ1) is 12.1. The Balaban J connectivity index is 1.78. The summed E-state index contributed by atoms with van der Waals surface area (Å²) in [5.41, 5.74) is 4.48. The quantitative estimate of drug-likeness (QED) is 0.538. The van der Waals surface area contributed by atoms with E-state index in [1.54, 1.807) is 17.7 Å². The summed E-state index contributed by atoms with van der Waals surface area (Å²) in [6, 6.07) is 10.5. The van der Waals surface area contributed by atoms with Crippen LogP contribution in [0, 0.1) is 13.8 Å². The summed E-state index contributed by atoms with van der Waals surface area (Å²) in [5, 5.41) is 7.32. The molecule has 4 rings (SSSR count). The van der Waals surface area contributed by atoms with Gasteiger partial charge >= 0.3 is 0 Å². The maximum atomic E-state index is 5.17. The molecule has 0 bridgehead atoms. The Morgan fingerprint density at radius 3 is 2.64 bits per heavy atom. The standard InChI is InChI=1S/C19H18N4OS/c1-12-4-6-14(7-5-12)16-10-25-19-17(16)18(20-11-21-19)23(3)9-15-8-13(2)24-22-15/h4-8,10-11H,9H2,1-3H3. The van der Waals surface area contributed by atoms with Crippen LogP contribution in [-0.4, -0.2) is 22.2 Å². The van der Waals surface area contributed by atoms with Gasteiger partial charge in [0, 0.05) is 24.1 Å². The van der Waals surface area contributed by atoms with Gasteiger partial charge < -0.3 is 9.42 Å². The molecule has 0 spiro atoms. The number of rotatable bonds is 4. The molecule has 0 N–H and O–H groups in total. The van der Waals surface area contributed by atoms with E-state index in [0.717, 1.165) is 27.5 Å². The van der Waals surface area contributed by atoms with Gasteiger partial charge in [0.25, 0.3) is 0 Å². The molecule has 0 unspecified atom stereocenters. The molecule has 3 aromatic heterocycles. The van der Waals surface area contributed by atoms with E-state index in [1.165, 1.54) is 16.7 Å². The predicted molar refractivity (Wildman–Crippen MR) is 101 cm³/mol. The van der Waals surface area contributed by atoms with Crippen molar-refractivity contribution in [2.24, 2.45) is 0 Å². The van der Waals surface area contributed by atoms with Crippen LogP contribution in [0.4, 0.5) is 5.82 Å². The summed E-state index contributed by atoms with van der Waals surface area (Å²) in [6.45, 7) is 4.62. The second kappa shape index (κ2) is 6.29. The monoisotopic (exact) mass is 350 g/mol. The van der Waals surface area contributed by atoms with E-state index in [4.69, 9.17) is 4.52 Å². The highest BCUT2D eigenvalue weighted by Gasteiger charge is 2.17. The maximum Gasteiger partial charge on any atom is 0.141 e. The van der Waals surface area contributed by atoms with E-state index < -0.39 is 0 Å². The Morgan fingerprint density at radius 1 is 1.12 bits per heavy atom. The number of hydrogen-bond acceptors (Lipinski definition) is 6. The van der Waals surface area contributed by atoms with E-state index in [2.05, 4.69) is 56.6 Å². The second-order valence-corrected chi connectivity index (χ2v) is 7.04. The number of aromatic nitrogens is 3. The number of fused-ring (bicyclic) bond motifs is 1. The van der Waals surface area contributed by atoms with Crippen LogP contribution in [0.15, 0.2) is 46.6 Å². The largest absolute Gasteiger partial charge is 0.361 e. The minimum atomic E-state index is 0.632. The molecule has 1 aromatic carbocycles. The Bertz CT molecular complexity index is 1020.